The number of rotatable bonds is 2. The van der Waals surface area contributed by atoms with E-state index in [4.69, 9.17) is 0 Å². The molecule has 12 nitrogen and oxygen atoms in total. The number of fused-ring (bicyclic) bond motifs is 6. The molecule has 8 amide bonds. The van der Waals surface area contributed by atoms with Gasteiger partial charge in [0.2, 0.25) is 47.3 Å². The van der Waals surface area contributed by atoms with E-state index < -0.39 is 47.3 Å². The summed E-state index contributed by atoms with van der Waals surface area (Å²) >= 11 is 0. The summed E-state index contributed by atoms with van der Waals surface area (Å²) in [4.78, 5) is 101. The van der Waals surface area contributed by atoms with E-state index >= 15 is 0 Å². The fourth-order valence-corrected chi connectivity index (χ4v) is 7.22. The van der Waals surface area contributed by atoms with Crippen molar-refractivity contribution in [1.82, 2.24) is 19.6 Å². The fraction of sp³-hybridized carbons (Fsp3) is 0.667. The van der Waals surface area contributed by atoms with E-state index in [1.807, 2.05) is 0 Å². The molecule has 0 bridgehead atoms. The van der Waals surface area contributed by atoms with Crippen LogP contribution in [0.25, 0.3) is 0 Å². The van der Waals surface area contributed by atoms with E-state index in [2.05, 4.69) is 0 Å². The first-order valence-electron chi connectivity index (χ1n) is 12.3. The highest BCUT2D eigenvalue weighted by molar-refractivity contribution is 6.14. The molecule has 6 rings (SSSR count). The smallest absolute Gasteiger partial charge is 0.233 e. The van der Waals surface area contributed by atoms with E-state index in [9.17, 15) is 38.4 Å². The summed E-state index contributed by atoms with van der Waals surface area (Å²) < 4.78 is 0. The molecule has 0 N–H and O–H groups in total. The standard InChI is InChI=1S/2C12H14N2O4/c2*1-3-14-10(16)6-4-5-7(8(6)12(14)18)11(17)13(2)9(5)15/h2*5-8H,3-4H2,1-2H3/t2*5-,6-,7-,8-/m00/s1. The SMILES string of the molecule is CCN1C(=O)[C@@H]2[C@H]3C(=O)N(C)C(=O)[C@H]3C[C@@H]2C1=O.CCN1C(=O)[C@@H]2[C@H]3C(=O)N(C)C(=O)[C@H]3C[C@@H]2C1=O. The first-order chi connectivity index (χ1) is 17.0. The zero-order valence-electron chi connectivity index (χ0n) is 20.5. The molecule has 6 fully saturated rings. The zero-order valence-corrected chi connectivity index (χ0v) is 20.5. The van der Waals surface area contributed by atoms with Gasteiger partial charge in [-0.1, -0.05) is 0 Å². The summed E-state index contributed by atoms with van der Waals surface area (Å²) in [5.74, 6) is -6.41. The summed E-state index contributed by atoms with van der Waals surface area (Å²) in [6, 6.07) is 0. The predicted molar refractivity (Wildman–Crippen MR) is 117 cm³/mol. The van der Waals surface area contributed by atoms with E-state index in [0.717, 1.165) is 9.80 Å². The molecule has 0 radical (unpaired) electrons. The van der Waals surface area contributed by atoms with Gasteiger partial charge in [0.25, 0.3) is 0 Å². The number of likely N-dealkylation sites (tertiary alicyclic amines) is 4. The molecule has 12 heteroatoms. The Labute approximate surface area is 206 Å². The number of amides is 8. The third-order valence-corrected chi connectivity index (χ3v) is 8.95. The third-order valence-electron chi connectivity index (χ3n) is 8.95. The Bertz CT molecular complexity index is 1060. The molecular weight excluding hydrogens is 472 g/mol. The first-order valence-corrected chi connectivity index (χ1v) is 12.3. The van der Waals surface area contributed by atoms with E-state index in [-0.39, 0.29) is 47.3 Å². The van der Waals surface area contributed by atoms with Gasteiger partial charge >= 0.3 is 0 Å². The van der Waals surface area contributed by atoms with Gasteiger partial charge in [-0.15, -0.1) is 0 Å². The average molecular weight is 501 g/mol. The highest BCUT2D eigenvalue weighted by Gasteiger charge is 2.66. The monoisotopic (exact) mass is 500 g/mol. The Hall–Kier alpha value is -3.44. The lowest BCUT2D eigenvalue weighted by atomic mass is 9.89. The van der Waals surface area contributed by atoms with Crippen molar-refractivity contribution in [2.24, 2.45) is 47.3 Å². The molecule has 4 saturated heterocycles. The van der Waals surface area contributed by atoms with Gasteiger partial charge in [-0.2, -0.15) is 0 Å². The lowest BCUT2D eigenvalue weighted by Crippen LogP contribution is -2.35. The topological polar surface area (TPSA) is 150 Å². The van der Waals surface area contributed by atoms with E-state index in [0.29, 0.717) is 25.9 Å². The molecule has 0 aromatic heterocycles. The lowest BCUT2D eigenvalue weighted by molar-refractivity contribution is -0.143. The van der Waals surface area contributed by atoms with Crippen LogP contribution in [0.5, 0.6) is 0 Å². The van der Waals surface area contributed by atoms with Gasteiger partial charge in [0.05, 0.1) is 47.3 Å². The van der Waals surface area contributed by atoms with Gasteiger partial charge in [0.15, 0.2) is 0 Å². The number of carbonyl (C=O) groups excluding carboxylic acids is 8. The molecule has 4 aliphatic heterocycles. The quantitative estimate of drug-likeness (QED) is 0.415. The summed E-state index contributed by atoms with van der Waals surface area (Å²) in [6.45, 7) is 4.14. The lowest BCUT2D eigenvalue weighted by Gasteiger charge is -2.15. The van der Waals surface area contributed by atoms with Gasteiger partial charge in [0.1, 0.15) is 0 Å². The number of imide groups is 4. The van der Waals surface area contributed by atoms with Crippen LogP contribution in [0.2, 0.25) is 0 Å². The minimum atomic E-state index is -0.611. The molecule has 4 heterocycles. The van der Waals surface area contributed by atoms with Crippen molar-refractivity contribution in [3.63, 3.8) is 0 Å². The van der Waals surface area contributed by atoms with Crippen LogP contribution in [-0.2, 0) is 38.4 Å². The molecule has 0 aromatic rings. The van der Waals surface area contributed by atoms with Gasteiger partial charge in [0, 0.05) is 27.2 Å². The highest BCUT2D eigenvalue weighted by atomic mass is 16.2. The molecule has 0 unspecified atom stereocenters. The van der Waals surface area contributed by atoms with Crippen LogP contribution in [0.3, 0.4) is 0 Å². The molecule has 8 atom stereocenters. The van der Waals surface area contributed by atoms with E-state index in [1.165, 1.54) is 23.9 Å². The van der Waals surface area contributed by atoms with Gasteiger partial charge in [-0.25, -0.2) is 0 Å². The molecule has 0 aromatic carbocycles. The van der Waals surface area contributed by atoms with Crippen LogP contribution in [0.15, 0.2) is 0 Å². The van der Waals surface area contributed by atoms with Crippen molar-refractivity contribution in [2.45, 2.75) is 26.7 Å². The van der Waals surface area contributed by atoms with Crippen molar-refractivity contribution < 1.29 is 38.4 Å². The van der Waals surface area contributed by atoms with Crippen molar-refractivity contribution in [3.05, 3.63) is 0 Å². The number of carbonyl (C=O) groups is 8. The summed E-state index contributed by atoms with van der Waals surface area (Å²) in [7, 11) is 2.88. The Morgan fingerprint density at radius 2 is 0.750 bits per heavy atom. The molecule has 2 saturated carbocycles. The maximum absolute atomic E-state index is 12.2. The van der Waals surface area contributed by atoms with Crippen LogP contribution in [-0.4, -0.2) is 94.0 Å². The van der Waals surface area contributed by atoms with Gasteiger partial charge in [-0.3, -0.25) is 58.0 Å². The zero-order chi connectivity index (χ0) is 26.4. The average Bonchev–Trinajstić information content (AvgIpc) is 3.63. The second-order valence-electron chi connectivity index (χ2n) is 10.3. The second kappa shape index (κ2) is 8.04. The largest absolute Gasteiger partial charge is 0.285 e. The molecule has 2 aliphatic carbocycles. The molecular formula is C24H28N4O8. The van der Waals surface area contributed by atoms with Crippen LogP contribution in [0.4, 0.5) is 0 Å². The minimum Gasteiger partial charge on any atom is -0.285 e. The molecule has 6 aliphatic rings. The van der Waals surface area contributed by atoms with Crippen LogP contribution in [0.1, 0.15) is 26.7 Å². The van der Waals surface area contributed by atoms with Crippen LogP contribution in [0, 0.1) is 47.3 Å². The molecule has 36 heavy (non-hydrogen) atoms. The number of hydrogen-bond acceptors (Lipinski definition) is 8. The minimum absolute atomic E-state index is 0.217. The predicted octanol–water partition coefficient (Wildman–Crippen LogP) is -1.52. The van der Waals surface area contributed by atoms with Crippen LogP contribution >= 0.6 is 0 Å². The Morgan fingerprint density at radius 1 is 0.472 bits per heavy atom. The van der Waals surface area contributed by atoms with Crippen molar-refractivity contribution in [3.8, 4) is 0 Å². The van der Waals surface area contributed by atoms with Crippen molar-refractivity contribution in [1.29, 1.82) is 0 Å². The summed E-state index contributed by atoms with van der Waals surface area (Å²) in [6.07, 6.45) is 0.677. The highest BCUT2D eigenvalue weighted by Crippen LogP contribution is 2.52. The normalized spacial score (nSPS) is 38.8. The van der Waals surface area contributed by atoms with Crippen molar-refractivity contribution >= 4 is 47.3 Å². The fourth-order valence-electron chi connectivity index (χ4n) is 7.22. The summed E-state index contributed by atoms with van der Waals surface area (Å²) in [5, 5.41) is 0. The van der Waals surface area contributed by atoms with Crippen LogP contribution < -0.4 is 0 Å². The Morgan fingerprint density at radius 3 is 1.06 bits per heavy atom. The second-order valence-corrected chi connectivity index (χ2v) is 10.3. The first kappa shape index (κ1) is 24.3. The number of hydrogen-bond donors (Lipinski definition) is 0. The number of nitrogens with zero attached hydrogens (tertiary/aromatic N) is 4. The van der Waals surface area contributed by atoms with E-state index in [1.54, 1.807) is 13.8 Å². The third kappa shape index (κ3) is 2.86. The maximum Gasteiger partial charge on any atom is 0.233 e. The molecule has 192 valence electrons. The maximum atomic E-state index is 12.2. The molecule has 0 spiro atoms. The Kier molecular flexibility index (Phi) is 5.42. The van der Waals surface area contributed by atoms with Gasteiger partial charge < -0.3 is 0 Å². The van der Waals surface area contributed by atoms with Crippen molar-refractivity contribution in [2.75, 3.05) is 27.2 Å². The Balaban J connectivity index is 0.000000148. The summed E-state index contributed by atoms with van der Waals surface area (Å²) in [5.41, 5.74) is 0. The van der Waals surface area contributed by atoms with Gasteiger partial charge in [-0.05, 0) is 26.7 Å².